The Kier molecular flexibility index (Phi) is 5.47. The number of halogens is 1. The summed E-state index contributed by atoms with van der Waals surface area (Å²) in [5.74, 6) is -0.945. The van der Waals surface area contributed by atoms with E-state index in [1.807, 2.05) is 6.07 Å². The molecule has 0 aliphatic heterocycles. The molecule has 2 rings (SSSR count). The summed E-state index contributed by atoms with van der Waals surface area (Å²) in [6, 6.07) is 14.7. The maximum atomic E-state index is 13.5. The van der Waals surface area contributed by atoms with Crippen LogP contribution in [0.25, 0.3) is 0 Å². The van der Waals surface area contributed by atoms with Gasteiger partial charge in [-0.3, -0.25) is 4.79 Å². The van der Waals surface area contributed by atoms with Crippen LogP contribution in [0.2, 0.25) is 0 Å². The molecule has 3 N–H and O–H groups in total. The van der Waals surface area contributed by atoms with E-state index < -0.39 is 23.4 Å². The predicted molar refractivity (Wildman–Crippen MR) is 85.0 cm³/mol. The Morgan fingerprint density at radius 2 is 1.78 bits per heavy atom. The van der Waals surface area contributed by atoms with Crippen LogP contribution in [0.1, 0.15) is 30.6 Å². The van der Waals surface area contributed by atoms with E-state index in [-0.39, 0.29) is 18.5 Å². The van der Waals surface area contributed by atoms with Crippen LogP contribution >= 0.6 is 0 Å². The van der Waals surface area contributed by atoms with E-state index in [0.29, 0.717) is 5.56 Å². The average molecular weight is 317 g/mol. The molecule has 0 fully saturated rings. The second-order valence-corrected chi connectivity index (χ2v) is 5.66. The zero-order valence-electron chi connectivity index (χ0n) is 12.9. The van der Waals surface area contributed by atoms with E-state index in [9.17, 15) is 19.4 Å². The maximum absolute atomic E-state index is 13.5. The Morgan fingerprint density at radius 1 is 1.17 bits per heavy atom. The molecule has 1 amide bonds. The number of benzene rings is 2. The van der Waals surface area contributed by atoms with Crippen molar-refractivity contribution >= 4 is 5.91 Å². The van der Waals surface area contributed by atoms with Gasteiger partial charge in [0.15, 0.2) is 0 Å². The molecule has 0 saturated carbocycles. The molecule has 2 aromatic rings. The van der Waals surface area contributed by atoms with Crippen LogP contribution in [-0.4, -0.2) is 22.7 Å². The molecule has 4 nitrogen and oxygen atoms in total. The van der Waals surface area contributed by atoms with Gasteiger partial charge in [0.25, 0.3) is 0 Å². The molecule has 122 valence electrons. The lowest BCUT2D eigenvalue weighted by Gasteiger charge is -2.23. The number of amides is 1. The SMILES string of the molecule is CC(O)(CC(=O)NCC(O)c1ccccc1F)c1ccccc1. The number of aliphatic hydroxyl groups excluding tert-OH is 1. The fourth-order valence-corrected chi connectivity index (χ4v) is 2.34. The van der Waals surface area contributed by atoms with Crippen LogP contribution in [0.15, 0.2) is 54.6 Å². The molecule has 23 heavy (non-hydrogen) atoms. The van der Waals surface area contributed by atoms with Crippen molar-refractivity contribution in [2.45, 2.75) is 25.0 Å². The summed E-state index contributed by atoms with van der Waals surface area (Å²) in [4.78, 5) is 12.0. The molecule has 0 radical (unpaired) electrons. The van der Waals surface area contributed by atoms with Crippen molar-refractivity contribution in [1.29, 1.82) is 0 Å². The van der Waals surface area contributed by atoms with Crippen LogP contribution < -0.4 is 5.32 Å². The van der Waals surface area contributed by atoms with Gasteiger partial charge in [0, 0.05) is 12.1 Å². The standard InChI is InChI=1S/C18H20FNO3/c1-18(23,13-7-3-2-4-8-13)11-17(22)20-12-16(21)14-9-5-6-10-15(14)19/h2-10,16,21,23H,11-12H2,1H3,(H,20,22). The van der Waals surface area contributed by atoms with Crippen LogP contribution in [0.5, 0.6) is 0 Å². The van der Waals surface area contributed by atoms with E-state index in [4.69, 9.17) is 0 Å². The van der Waals surface area contributed by atoms with Gasteiger partial charge < -0.3 is 15.5 Å². The summed E-state index contributed by atoms with van der Waals surface area (Å²) >= 11 is 0. The molecular weight excluding hydrogens is 297 g/mol. The highest BCUT2D eigenvalue weighted by Crippen LogP contribution is 2.24. The van der Waals surface area contributed by atoms with Crippen LogP contribution in [0.3, 0.4) is 0 Å². The molecule has 5 heteroatoms. The summed E-state index contributed by atoms with van der Waals surface area (Å²) in [5.41, 5.74) is -0.554. The minimum absolute atomic E-state index is 0.120. The Morgan fingerprint density at radius 3 is 2.43 bits per heavy atom. The third kappa shape index (κ3) is 4.61. The number of hydrogen-bond donors (Lipinski definition) is 3. The third-order valence-electron chi connectivity index (χ3n) is 3.66. The Hall–Kier alpha value is -2.24. The Bertz CT molecular complexity index is 658. The zero-order valence-corrected chi connectivity index (χ0v) is 12.9. The van der Waals surface area contributed by atoms with Crippen LogP contribution in [0, 0.1) is 5.82 Å². The molecule has 0 heterocycles. The van der Waals surface area contributed by atoms with Gasteiger partial charge in [-0.05, 0) is 18.6 Å². The summed E-state index contributed by atoms with van der Waals surface area (Å²) in [7, 11) is 0. The predicted octanol–water partition coefficient (Wildman–Crippen LogP) is 2.27. The van der Waals surface area contributed by atoms with Gasteiger partial charge in [-0.1, -0.05) is 48.5 Å². The van der Waals surface area contributed by atoms with Gasteiger partial charge in [0.2, 0.25) is 5.91 Å². The molecule has 0 saturated heterocycles. The first-order chi connectivity index (χ1) is 10.9. The summed E-state index contributed by atoms with van der Waals surface area (Å²) in [6.07, 6.45) is -1.29. The molecule has 0 aromatic heterocycles. The second kappa shape index (κ2) is 7.35. The molecule has 0 bridgehead atoms. The first kappa shape index (κ1) is 17.1. The van der Waals surface area contributed by atoms with Gasteiger partial charge in [0.1, 0.15) is 5.82 Å². The number of hydrogen-bond acceptors (Lipinski definition) is 3. The zero-order chi connectivity index (χ0) is 16.9. The maximum Gasteiger partial charge on any atom is 0.223 e. The largest absolute Gasteiger partial charge is 0.386 e. The van der Waals surface area contributed by atoms with Crippen molar-refractivity contribution in [2.75, 3.05) is 6.54 Å². The molecule has 2 atom stereocenters. The number of carbonyl (C=O) groups is 1. The topological polar surface area (TPSA) is 69.6 Å². The van der Waals surface area contributed by atoms with E-state index in [0.717, 1.165) is 0 Å². The molecule has 0 spiro atoms. The first-order valence-electron chi connectivity index (χ1n) is 7.37. The highest BCUT2D eigenvalue weighted by Gasteiger charge is 2.26. The number of nitrogens with one attached hydrogen (secondary N) is 1. The van der Waals surface area contributed by atoms with Gasteiger partial charge in [0.05, 0.1) is 18.1 Å². The minimum Gasteiger partial charge on any atom is -0.386 e. The van der Waals surface area contributed by atoms with Gasteiger partial charge >= 0.3 is 0 Å². The van der Waals surface area contributed by atoms with Crippen molar-refractivity contribution < 1.29 is 19.4 Å². The molecule has 2 unspecified atom stereocenters. The fourth-order valence-electron chi connectivity index (χ4n) is 2.34. The highest BCUT2D eigenvalue weighted by molar-refractivity contribution is 5.77. The number of aliphatic hydroxyl groups is 2. The molecule has 2 aromatic carbocycles. The quantitative estimate of drug-likeness (QED) is 0.765. The Labute approximate surface area is 134 Å². The number of carbonyl (C=O) groups excluding carboxylic acids is 1. The summed E-state index contributed by atoms with van der Waals surface area (Å²) in [6.45, 7) is 1.43. The van der Waals surface area contributed by atoms with Crippen LogP contribution in [0.4, 0.5) is 4.39 Å². The van der Waals surface area contributed by atoms with Crippen molar-refractivity contribution in [2.24, 2.45) is 0 Å². The monoisotopic (exact) mass is 317 g/mol. The molecule has 0 aliphatic carbocycles. The molecule has 0 aliphatic rings. The lowest BCUT2D eigenvalue weighted by molar-refractivity contribution is -0.126. The van der Waals surface area contributed by atoms with Crippen molar-refractivity contribution in [1.82, 2.24) is 5.32 Å². The van der Waals surface area contributed by atoms with Crippen molar-refractivity contribution in [3.63, 3.8) is 0 Å². The van der Waals surface area contributed by atoms with Gasteiger partial charge in [-0.25, -0.2) is 4.39 Å². The van der Waals surface area contributed by atoms with Crippen molar-refractivity contribution in [3.05, 3.63) is 71.5 Å². The summed E-state index contributed by atoms with van der Waals surface area (Å²) in [5, 5.41) is 22.9. The van der Waals surface area contributed by atoms with E-state index >= 15 is 0 Å². The van der Waals surface area contributed by atoms with E-state index in [1.54, 1.807) is 37.3 Å². The lowest BCUT2D eigenvalue weighted by atomic mass is 9.92. The highest BCUT2D eigenvalue weighted by atomic mass is 19.1. The van der Waals surface area contributed by atoms with E-state index in [2.05, 4.69) is 5.32 Å². The summed E-state index contributed by atoms with van der Waals surface area (Å²) < 4.78 is 13.5. The smallest absolute Gasteiger partial charge is 0.223 e. The second-order valence-electron chi connectivity index (χ2n) is 5.66. The Balaban J connectivity index is 1.91. The van der Waals surface area contributed by atoms with Crippen LogP contribution in [-0.2, 0) is 10.4 Å². The number of rotatable bonds is 6. The fraction of sp³-hybridized carbons (Fsp3) is 0.278. The van der Waals surface area contributed by atoms with E-state index in [1.165, 1.54) is 18.2 Å². The normalized spacial score (nSPS) is 14.8. The van der Waals surface area contributed by atoms with Crippen molar-refractivity contribution in [3.8, 4) is 0 Å². The van der Waals surface area contributed by atoms with Gasteiger partial charge in [-0.15, -0.1) is 0 Å². The minimum atomic E-state index is -1.31. The first-order valence-corrected chi connectivity index (χ1v) is 7.37. The third-order valence-corrected chi connectivity index (χ3v) is 3.66. The lowest BCUT2D eigenvalue weighted by Crippen LogP contribution is -2.35. The average Bonchev–Trinajstić information content (AvgIpc) is 2.53. The van der Waals surface area contributed by atoms with Gasteiger partial charge in [-0.2, -0.15) is 0 Å². The molecular formula is C18H20FNO3.